The molecule has 6 heteroatoms. The smallest absolute Gasteiger partial charge is 0.274 e. The number of hydrogen-bond acceptors (Lipinski definition) is 4. The van der Waals surface area contributed by atoms with Gasteiger partial charge in [0.1, 0.15) is 0 Å². The number of hydrogen-bond donors (Lipinski definition) is 0. The maximum atomic E-state index is 11.1. The normalized spacial score (nSPS) is 18.8. The predicted molar refractivity (Wildman–Crippen MR) is 37.4 cm³/mol. The molecule has 0 N–H and O–H groups in total. The quantitative estimate of drug-likeness (QED) is 0.492. The Labute approximate surface area is 69.5 Å². The highest BCUT2D eigenvalue weighted by atomic mass is 16.7. The molecule has 12 heavy (non-hydrogen) atoms. The Kier molecular flexibility index (Phi) is 2.61. The zero-order valence-corrected chi connectivity index (χ0v) is 6.94. The molecule has 0 radical (unpaired) electrons. The van der Waals surface area contributed by atoms with Crippen LogP contribution in [-0.4, -0.2) is 49.2 Å². The molecule has 1 heterocycles. The molecule has 0 aromatic heterocycles. The van der Waals surface area contributed by atoms with Gasteiger partial charge in [-0.2, -0.15) is 0 Å². The SMILES string of the molecule is CON1CCN(OC)C(=O)C1=O. The van der Waals surface area contributed by atoms with Crippen LogP contribution in [0.5, 0.6) is 0 Å². The van der Waals surface area contributed by atoms with E-state index in [2.05, 4.69) is 9.68 Å². The van der Waals surface area contributed by atoms with Gasteiger partial charge in [0.25, 0.3) is 0 Å². The zero-order chi connectivity index (χ0) is 9.14. The van der Waals surface area contributed by atoms with Gasteiger partial charge in [-0.05, 0) is 0 Å². The van der Waals surface area contributed by atoms with Crippen LogP contribution in [0.4, 0.5) is 0 Å². The number of amides is 2. The Morgan fingerprint density at radius 1 is 1.00 bits per heavy atom. The maximum Gasteiger partial charge on any atom is 0.337 e. The van der Waals surface area contributed by atoms with Gasteiger partial charge in [-0.25, -0.2) is 10.1 Å². The van der Waals surface area contributed by atoms with Gasteiger partial charge in [0.2, 0.25) is 0 Å². The van der Waals surface area contributed by atoms with E-state index in [0.717, 1.165) is 10.1 Å². The van der Waals surface area contributed by atoms with Gasteiger partial charge < -0.3 is 0 Å². The number of carbonyl (C=O) groups is 2. The van der Waals surface area contributed by atoms with Crippen molar-refractivity contribution in [2.75, 3.05) is 27.3 Å². The molecule has 0 spiro atoms. The average Bonchev–Trinajstić information content (AvgIpc) is 2.10. The summed E-state index contributed by atoms with van der Waals surface area (Å²) in [6.07, 6.45) is 0. The van der Waals surface area contributed by atoms with Crippen LogP contribution in [-0.2, 0) is 19.3 Å². The summed E-state index contributed by atoms with van der Waals surface area (Å²) in [7, 11) is 2.68. The molecule has 1 aliphatic rings. The van der Waals surface area contributed by atoms with E-state index in [0.29, 0.717) is 13.1 Å². The average molecular weight is 174 g/mol. The van der Waals surface area contributed by atoms with E-state index in [4.69, 9.17) is 0 Å². The van der Waals surface area contributed by atoms with Crippen LogP contribution in [0.15, 0.2) is 0 Å². The molecule has 6 nitrogen and oxygen atoms in total. The molecule has 0 aromatic carbocycles. The summed E-state index contributed by atoms with van der Waals surface area (Å²) in [4.78, 5) is 31.4. The van der Waals surface area contributed by atoms with Gasteiger partial charge >= 0.3 is 11.8 Å². The third-order valence-electron chi connectivity index (χ3n) is 1.58. The van der Waals surface area contributed by atoms with E-state index in [1.54, 1.807) is 0 Å². The van der Waals surface area contributed by atoms with Crippen LogP contribution in [0.3, 0.4) is 0 Å². The van der Waals surface area contributed by atoms with Crippen molar-refractivity contribution >= 4 is 11.8 Å². The fourth-order valence-electron chi connectivity index (χ4n) is 0.946. The summed E-state index contributed by atoms with van der Waals surface area (Å²) < 4.78 is 0. The summed E-state index contributed by atoms with van der Waals surface area (Å²) in [5.41, 5.74) is 0. The Bertz CT molecular complexity index is 184. The summed E-state index contributed by atoms with van der Waals surface area (Å²) in [5.74, 6) is -1.41. The second kappa shape index (κ2) is 3.51. The first-order valence-corrected chi connectivity index (χ1v) is 3.42. The van der Waals surface area contributed by atoms with E-state index in [9.17, 15) is 9.59 Å². The number of carbonyl (C=O) groups excluding carboxylic acids is 2. The first kappa shape index (κ1) is 8.95. The van der Waals surface area contributed by atoms with Gasteiger partial charge in [-0.3, -0.25) is 19.3 Å². The van der Waals surface area contributed by atoms with Crippen molar-refractivity contribution in [1.29, 1.82) is 0 Å². The molecular weight excluding hydrogens is 164 g/mol. The molecule has 0 aliphatic carbocycles. The lowest BCUT2D eigenvalue weighted by Crippen LogP contribution is -2.53. The second-order valence-corrected chi connectivity index (χ2v) is 2.18. The maximum absolute atomic E-state index is 11.1. The molecule has 1 fully saturated rings. The van der Waals surface area contributed by atoms with Crippen molar-refractivity contribution in [3.05, 3.63) is 0 Å². The van der Waals surface area contributed by atoms with E-state index in [-0.39, 0.29) is 0 Å². The molecule has 68 valence electrons. The van der Waals surface area contributed by atoms with Crippen LogP contribution >= 0.6 is 0 Å². The van der Waals surface area contributed by atoms with Crippen LogP contribution in [0.25, 0.3) is 0 Å². The molecule has 0 bridgehead atoms. The fraction of sp³-hybridized carbons (Fsp3) is 0.667. The van der Waals surface area contributed by atoms with Crippen LogP contribution in [0.2, 0.25) is 0 Å². The molecule has 0 aromatic rings. The van der Waals surface area contributed by atoms with Crippen LogP contribution in [0, 0.1) is 0 Å². The van der Waals surface area contributed by atoms with Crippen molar-refractivity contribution in [2.24, 2.45) is 0 Å². The Balaban J connectivity index is 2.65. The Morgan fingerprint density at radius 2 is 1.33 bits per heavy atom. The second-order valence-electron chi connectivity index (χ2n) is 2.18. The van der Waals surface area contributed by atoms with E-state index >= 15 is 0 Å². The molecule has 0 atom stereocenters. The zero-order valence-electron chi connectivity index (χ0n) is 6.94. The van der Waals surface area contributed by atoms with Gasteiger partial charge in [-0.15, -0.1) is 0 Å². The number of hydroxylamine groups is 4. The standard InChI is InChI=1S/C6H10N2O4/c1-11-7-3-4-8(12-2)6(10)5(7)9/h3-4H2,1-2H3. The molecule has 2 amide bonds. The van der Waals surface area contributed by atoms with Crippen molar-refractivity contribution in [3.63, 3.8) is 0 Å². The van der Waals surface area contributed by atoms with Crippen molar-refractivity contribution in [2.45, 2.75) is 0 Å². The van der Waals surface area contributed by atoms with Crippen molar-refractivity contribution < 1.29 is 19.3 Å². The topological polar surface area (TPSA) is 59.1 Å². The number of rotatable bonds is 2. The highest BCUT2D eigenvalue weighted by molar-refractivity contribution is 6.34. The summed E-state index contributed by atoms with van der Waals surface area (Å²) in [6, 6.07) is 0. The van der Waals surface area contributed by atoms with Crippen molar-refractivity contribution in [1.82, 2.24) is 10.1 Å². The Hall–Kier alpha value is -1.14. The summed E-state index contributed by atoms with van der Waals surface area (Å²) >= 11 is 0. The first-order chi connectivity index (χ1) is 5.70. The summed E-state index contributed by atoms with van der Waals surface area (Å²) in [6.45, 7) is 0.657. The lowest BCUT2D eigenvalue weighted by Gasteiger charge is -2.29. The number of piperazine rings is 1. The lowest BCUT2D eigenvalue weighted by atomic mass is 10.4. The first-order valence-electron chi connectivity index (χ1n) is 3.42. The lowest BCUT2D eigenvalue weighted by molar-refractivity contribution is -0.218. The highest BCUT2D eigenvalue weighted by Gasteiger charge is 2.33. The number of nitrogens with zero attached hydrogens (tertiary/aromatic N) is 2. The van der Waals surface area contributed by atoms with Gasteiger partial charge in [0.15, 0.2) is 0 Å². The minimum Gasteiger partial charge on any atom is -0.274 e. The third-order valence-corrected chi connectivity index (χ3v) is 1.58. The third kappa shape index (κ3) is 1.39. The molecule has 1 saturated heterocycles. The molecule has 0 saturated carbocycles. The fourth-order valence-corrected chi connectivity index (χ4v) is 0.946. The minimum absolute atomic E-state index is 0.328. The summed E-state index contributed by atoms with van der Waals surface area (Å²) in [5, 5.41) is 2.00. The van der Waals surface area contributed by atoms with Gasteiger partial charge in [0.05, 0.1) is 27.3 Å². The highest BCUT2D eigenvalue weighted by Crippen LogP contribution is 2.03. The van der Waals surface area contributed by atoms with Crippen LogP contribution in [0.1, 0.15) is 0 Å². The molecule has 1 rings (SSSR count). The van der Waals surface area contributed by atoms with E-state index in [1.165, 1.54) is 14.2 Å². The van der Waals surface area contributed by atoms with Gasteiger partial charge in [-0.1, -0.05) is 0 Å². The monoisotopic (exact) mass is 174 g/mol. The van der Waals surface area contributed by atoms with E-state index < -0.39 is 11.8 Å². The van der Waals surface area contributed by atoms with Crippen molar-refractivity contribution in [3.8, 4) is 0 Å². The van der Waals surface area contributed by atoms with Gasteiger partial charge in [0, 0.05) is 0 Å². The minimum atomic E-state index is -0.703. The largest absolute Gasteiger partial charge is 0.337 e. The molecule has 1 aliphatic heterocycles. The molecule has 0 unspecified atom stereocenters. The Morgan fingerprint density at radius 3 is 1.58 bits per heavy atom. The van der Waals surface area contributed by atoms with E-state index in [1.807, 2.05) is 0 Å². The molecular formula is C6H10N2O4. The predicted octanol–water partition coefficient (Wildman–Crippen LogP) is -1.22. The van der Waals surface area contributed by atoms with Crippen LogP contribution < -0.4 is 0 Å².